The molecule has 0 radical (unpaired) electrons. The molecule has 0 atom stereocenters. The van der Waals surface area contributed by atoms with Crippen LogP contribution in [0.1, 0.15) is 30.4 Å². The number of halogens is 3. The van der Waals surface area contributed by atoms with Crippen molar-refractivity contribution in [3.8, 4) is 0 Å². The summed E-state index contributed by atoms with van der Waals surface area (Å²) in [6, 6.07) is 18.3. The van der Waals surface area contributed by atoms with E-state index in [4.69, 9.17) is 23.2 Å². The predicted molar refractivity (Wildman–Crippen MR) is 145 cm³/mol. The summed E-state index contributed by atoms with van der Waals surface area (Å²) in [5.41, 5.74) is 1.27. The van der Waals surface area contributed by atoms with Gasteiger partial charge in [-0.15, -0.1) is 0 Å². The van der Waals surface area contributed by atoms with Gasteiger partial charge in [0.15, 0.2) is 0 Å². The van der Waals surface area contributed by atoms with Gasteiger partial charge in [0, 0.05) is 29.6 Å². The van der Waals surface area contributed by atoms with Crippen LogP contribution >= 0.6 is 23.2 Å². The van der Waals surface area contributed by atoms with Crippen molar-refractivity contribution in [3.63, 3.8) is 0 Å². The highest BCUT2D eigenvalue weighted by atomic mass is 35.5. The lowest BCUT2D eigenvalue weighted by Crippen LogP contribution is -2.40. The summed E-state index contributed by atoms with van der Waals surface area (Å²) in [5, 5.41) is 4.17. The number of carbonyl (C=O) groups excluding carboxylic acids is 1. The monoisotopic (exact) mass is 541 g/mol. The van der Waals surface area contributed by atoms with Crippen molar-refractivity contribution in [2.45, 2.75) is 38.8 Å². The topological polar surface area (TPSA) is 73.1 Å². The molecule has 4 rings (SSSR count). The first kappa shape index (κ1) is 26.6. The van der Waals surface area contributed by atoms with E-state index in [2.05, 4.69) is 5.32 Å². The number of amides is 1. The Kier molecular flexibility index (Phi) is 8.79. The van der Waals surface area contributed by atoms with Gasteiger partial charge in [0.25, 0.3) is 5.56 Å². The molecule has 192 valence electrons. The number of fused-ring (bicyclic) bond motifs is 1. The van der Waals surface area contributed by atoms with Crippen molar-refractivity contribution < 1.29 is 9.18 Å². The second kappa shape index (κ2) is 12.2. The van der Waals surface area contributed by atoms with Crippen LogP contribution in [0.5, 0.6) is 0 Å². The third-order valence-electron chi connectivity index (χ3n) is 6.16. The molecular formula is C28H26Cl2FN3O3. The fourth-order valence-electron chi connectivity index (χ4n) is 4.18. The van der Waals surface area contributed by atoms with Crippen LogP contribution < -0.4 is 16.6 Å². The van der Waals surface area contributed by atoms with Crippen LogP contribution in [0.4, 0.5) is 4.39 Å². The van der Waals surface area contributed by atoms with E-state index in [-0.39, 0.29) is 29.6 Å². The molecule has 0 aliphatic carbocycles. The lowest BCUT2D eigenvalue weighted by molar-refractivity contribution is -0.121. The number of unbranched alkanes of at least 4 members (excludes halogenated alkanes) is 1. The summed E-state index contributed by atoms with van der Waals surface area (Å²) in [6.45, 7) is 0.785. The molecule has 0 unspecified atom stereocenters. The first-order valence-corrected chi connectivity index (χ1v) is 12.8. The molecule has 0 spiro atoms. The van der Waals surface area contributed by atoms with Crippen LogP contribution in [0.25, 0.3) is 10.9 Å². The molecule has 6 nitrogen and oxygen atoms in total. The molecule has 3 aromatic carbocycles. The van der Waals surface area contributed by atoms with Gasteiger partial charge >= 0.3 is 5.69 Å². The summed E-state index contributed by atoms with van der Waals surface area (Å²) in [4.78, 5) is 38.6. The van der Waals surface area contributed by atoms with E-state index in [0.717, 1.165) is 5.56 Å². The fourth-order valence-corrected chi connectivity index (χ4v) is 4.54. The number of benzene rings is 3. The zero-order valence-electron chi connectivity index (χ0n) is 20.1. The molecule has 0 saturated heterocycles. The van der Waals surface area contributed by atoms with Crippen LogP contribution in [-0.2, 0) is 24.3 Å². The molecule has 37 heavy (non-hydrogen) atoms. The minimum Gasteiger partial charge on any atom is -0.356 e. The molecule has 1 aromatic heterocycles. The zero-order chi connectivity index (χ0) is 26.4. The number of nitrogens with zero attached hydrogens (tertiary/aromatic N) is 2. The van der Waals surface area contributed by atoms with E-state index in [1.165, 1.54) is 27.3 Å². The normalized spacial score (nSPS) is 11.1. The van der Waals surface area contributed by atoms with Crippen molar-refractivity contribution in [2.75, 3.05) is 6.54 Å². The quantitative estimate of drug-likeness (QED) is 0.281. The number of hydrogen-bond donors (Lipinski definition) is 1. The van der Waals surface area contributed by atoms with E-state index < -0.39 is 11.5 Å². The average Bonchev–Trinajstić information content (AvgIpc) is 2.88. The van der Waals surface area contributed by atoms with Crippen LogP contribution in [0.3, 0.4) is 0 Å². The number of para-hydroxylation sites is 1. The lowest BCUT2D eigenvalue weighted by atomic mass is 10.1. The minimum atomic E-state index is -0.475. The molecule has 9 heteroatoms. The van der Waals surface area contributed by atoms with Crippen LogP contribution in [-0.4, -0.2) is 21.6 Å². The Hall–Kier alpha value is -3.42. The first-order chi connectivity index (χ1) is 17.8. The second-order valence-corrected chi connectivity index (χ2v) is 9.61. The Balaban J connectivity index is 1.41. The number of carbonyl (C=O) groups is 1. The molecular weight excluding hydrogens is 516 g/mol. The molecule has 1 amide bonds. The number of hydrogen-bond acceptors (Lipinski definition) is 3. The van der Waals surface area contributed by atoms with E-state index >= 15 is 0 Å². The summed E-state index contributed by atoms with van der Waals surface area (Å²) < 4.78 is 16.2. The highest BCUT2D eigenvalue weighted by Crippen LogP contribution is 2.19. The highest BCUT2D eigenvalue weighted by Gasteiger charge is 2.14. The molecule has 0 saturated carbocycles. The van der Waals surface area contributed by atoms with E-state index in [1.807, 2.05) is 24.3 Å². The minimum absolute atomic E-state index is 0.0804. The first-order valence-electron chi connectivity index (χ1n) is 12.0. The smallest absolute Gasteiger partial charge is 0.331 e. The second-order valence-electron chi connectivity index (χ2n) is 8.76. The molecule has 0 aliphatic heterocycles. The Bertz CT molecular complexity index is 1530. The Morgan fingerprint density at radius 1 is 0.919 bits per heavy atom. The highest BCUT2D eigenvalue weighted by molar-refractivity contribution is 6.31. The largest absolute Gasteiger partial charge is 0.356 e. The SMILES string of the molecule is O=C(CCCCn1c(=O)c2ccccc2n(Cc2ccc(F)cc2Cl)c1=O)NCCc1ccc(Cl)cc1. The molecule has 0 bridgehead atoms. The average molecular weight is 542 g/mol. The summed E-state index contributed by atoms with van der Waals surface area (Å²) in [6.07, 6.45) is 2.00. The Labute approximate surface area is 223 Å². The Morgan fingerprint density at radius 3 is 2.43 bits per heavy atom. The van der Waals surface area contributed by atoms with Gasteiger partial charge in [-0.1, -0.05) is 53.5 Å². The number of rotatable bonds is 10. The molecule has 4 aromatic rings. The number of nitrogens with one attached hydrogen (secondary N) is 1. The van der Waals surface area contributed by atoms with Crippen molar-refractivity contribution in [1.29, 1.82) is 0 Å². The number of aromatic nitrogens is 2. The maximum atomic E-state index is 13.5. The summed E-state index contributed by atoms with van der Waals surface area (Å²) in [7, 11) is 0. The van der Waals surface area contributed by atoms with E-state index in [1.54, 1.807) is 24.3 Å². The molecule has 0 fully saturated rings. The van der Waals surface area contributed by atoms with Gasteiger partial charge in [-0.2, -0.15) is 0 Å². The van der Waals surface area contributed by atoms with Gasteiger partial charge in [0.2, 0.25) is 5.91 Å². The maximum absolute atomic E-state index is 13.5. The van der Waals surface area contributed by atoms with Gasteiger partial charge in [0.1, 0.15) is 5.82 Å². The van der Waals surface area contributed by atoms with E-state index in [9.17, 15) is 18.8 Å². The zero-order valence-corrected chi connectivity index (χ0v) is 21.6. The van der Waals surface area contributed by atoms with Crippen molar-refractivity contribution in [3.05, 3.63) is 115 Å². The van der Waals surface area contributed by atoms with Crippen LogP contribution in [0.2, 0.25) is 10.0 Å². The fraction of sp³-hybridized carbons (Fsp3) is 0.250. The van der Waals surface area contributed by atoms with Gasteiger partial charge in [0.05, 0.1) is 17.4 Å². The van der Waals surface area contributed by atoms with Crippen LogP contribution in [0.15, 0.2) is 76.3 Å². The predicted octanol–water partition coefficient (Wildman–Crippen LogP) is 5.19. The van der Waals surface area contributed by atoms with Crippen molar-refractivity contribution >= 4 is 40.0 Å². The van der Waals surface area contributed by atoms with E-state index in [0.29, 0.717) is 53.7 Å². The molecule has 1 N–H and O–H groups in total. The summed E-state index contributed by atoms with van der Waals surface area (Å²) in [5.74, 6) is -0.548. The Morgan fingerprint density at radius 2 is 1.68 bits per heavy atom. The van der Waals surface area contributed by atoms with Crippen LogP contribution in [0, 0.1) is 5.82 Å². The van der Waals surface area contributed by atoms with Gasteiger partial charge in [-0.3, -0.25) is 18.7 Å². The molecule has 1 heterocycles. The standard InChI is InChI=1S/C28H26Cl2FN3O3/c29-21-11-8-19(9-12-21)14-15-32-26(35)7-3-4-16-33-27(36)23-5-1-2-6-25(23)34(28(33)37)18-20-10-13-22(31)17-24(20)30/h1-2,5-6,8-13,17H,3-4,7,14-16,18H2,(H,32,35). The van der Waals surface area contributed by atoms with Gasteiger partial charge in [-0.25, -0.2) is 9.18 Å². The summed E-state index contributed by atoms with van der Waals surface area (Å²) >= 11 is 12.1. The van der Waals surface area contributed by atoms with Gasteiger partial charge in [-0.05, 0) is 66.8 Å². The lowest BCUT2D eigenvalue weighted by Gasteiger charge is -2.15. The van der Waals surface area contributed by atoms with Crippen molar-refractivity contribution in [2.24, 2.45) is 0 Å². The third kappa shape index (κ3) is 6.67. The third-order valence-corrected chi connectivity index (χ3v) is 6.76. The van der Waals surface area contributed by atoms with Gasteiger partial charge < -0.3 is 5.32 Å². The molecule has 0 aliphatic rings. The van der Waals surface area contributed by atoms with Crippen molar-refractivity contribution in [1.82, 2.24) is 14.5 Å². The maximum Gasteiger partial charge on any atom is 0.331 e.